The Hall–Kier alpha value is -1.57. The third-order valence-corrected chi connectivity index (χ3v) is 3.69. The van der Waals surface area contributed by atoms with Crippen LogP contribution in [0.25, 0.3) is 10.9 Å². The molecule has 0 aliphatic heterocycles. The summed E-state index contributed by atoms with van der Waals surface area (Å²) in [5, 5.41) is 1.11. The molecule has 0 unspecified atom stereocenters. The minimum atomic E-state index is 0.269. The zero-order valence-corrected chi connectivity index (χ0v) is 12.9. The Balaban J connectivity index is 2.32. The second-order valence-electron chi connectivity index (χ2n) is 5.98. The maximum absolute atomic E-state index is 12.4. The van der Waals surface area contributed by atoms with E-state index in [1.165, 1.54) is 24.8 Å². The van der Waals surface area contributed by atoms with Crippen LogP contribution in [0.3, 0.4) is 0 Å². The maximum Gasteiger partial charge on any atom is 0.165 e. The second-order valence-corrected chi connectivity index (χ2v) is 5.98. The van der Waals surface area contributed by atoms with E-state index in [-0.39, 0.29) is 5.78 Å². The lowest BCUT2D eigenvalue weighted by Crippen LogP contribution is -2.03. The van der Waals surface area contributed by atoms with Gasteiger partial charge in [-0.15, -0.1) is 0 Å². The summed E-state index contributed by atoms with van der Waals surface area (Å²) in [6.45, 7) is 7.41. The first kappa shape index (κ1) is 14.8. The van der Waals surface area contributed by atoms with E-state index in [9.17, 15) is 4.79 Å². The third-order valence-electron chi connectivity index (χ3n) is 3.69. The summed E-state index contributed by atoms with van der Waals surface area (Å²) in [4.78, 5) is 12.4. The monoisotopic (exact) mass is 271 g/mol. The summed E-state index contributed by atoms with van der Waals surface area (Å²) in [5.74, 6) is 0.676. The lowest BCUT2D eigenvalue weighted by atomic mass is 10.0. The fourth-order valence-electron chi connectivity index (χ4n) is 2.67. The third kappa shape index (κ3) is 3.30. The topological polar surface area (TPSA) is 22.0 Å². The Labute approximate surface area is 121 Å². The number of unbranched alkanes of at least 4 members (excludes halogenated alkanes) is 2. The Morgan fingerprint density at radius 1 is 1.20 bits per heavy atom. The van der Waals surface area contributed by atoms with Crippen molar-refractivity contribution in [1.29, 1.82) is 0 Å². The van der Waals surface area contributed by atoms with Crippen molar-refractivity contribution < 1.29 is 4.79 Å². The number of Topliss-reactive ketones (excluding diaryl/α,β-unsaturated/α-hetero) is 1. The highest BCUT2D eigenvalue weighted by Crippen LogP contribution is 2.24. The first-order valence-corrected chi connectivity index (χ1v) is 7.74. The lowest BCUT2D eigenvalue weighted by molar-refractivity contribution is 0.0969. The summed E-state index contributed by atoms with van der Waals surface area (Å²) >= 11 is 0. The highest BCUT2D eigenvalue weighted by Gasteiger charge is 2.15. The number of hydrogen-bond donors (Lipinski definition) is 0. The van der Waals surface area contributed by atoms with Gasteiger partial charge in [-0.05, 0) is 18.4 Å². The molecule has 0 aliphatic rings. The van der Waals surface area contributed by atoms with Crippen molar-refractivity contribution >= 4 is 16.7 Å². The molecule has 0 atom stereocenters. The quantitative estimate of drug-likeness (QED) is 0.509. The van der Waals surface area contributed by atoms with E-state index >= 15 is 0 Å². The maximum atomic E-state index is 12.4. The van der Waals surface area contributed by atoms with Crippen LogP contribution in [0.2, 0.25) is 0 Å². The van der Waals surface area contributed by atoms with Crippen LogP contribution < -0.4 is 0 Å². The Morgan fingerprint density at radius 2 is 1.95 bits per heavy atom. The summed E-state index contributed by atoms with van der Waals surface area (Å²) in [5.41, 5.74) is 2.08. The van der Waals surface area contributed by atoms with E-state index < -0.39 is 0 Å². The molecule has 0 spiro atoms. The number of aromatic nitrogens is 1. The number of rotatable bonds is 7. The molecule has 2 nitrogen and oxygen atoms in total. The van der Waals surface area contributed by atoms with Gasteiger partial charge in [0.15, 0.2) is 5.78 Å². The molecule has 2 aromatic rings. The molecule has 0 amide bonds. The van der Waals surface area contributed by atoms with Crippen LogP contribution in [0.4, 0.5) is 0 Å². The van der Waals surface area contributed by atoms with Gasteiger partial charge >= 0.3 is 0 Å². The molecular formula is C18H25NO. The predicted molar refractivity (Wildman–Crippen MR) is 85.2 cm³/mol. The van der Waals surface area contributed by atoms with Gasteiger partial charge in [-0.1, -0.05) is 51.8 Å². The Kier molecular flexibility index (Phi) is 4.99. The van der Waals surface area contributed by atoms with E-state index in [1.54, 1.807) is 0 Å². The SMILES string of the molecule is CCCCCn1cc(C(=O)CC(C)C)c2ccccc21. The zero-order valence-electron chi connectivity index (χ0n) is 12.9. The largest absolute Gasteiger partial charge is 0.347 e. The number of carbonyl (C=O) groups is 1. The van der Waals surface area contributed by atoms with Crippen LogP contribution in [-0.2, 0) is 6.54 Å². The first-order valence-electron chi connectivity index (χ1n) is 7.74. The van der Waals surface area contributed by atoms with Crippen LogP contribution in [0.1, 0.15) is 56.8 Å². The van der Waals surface area contributed by atoms with Gasteiger partial charge in [-0.3, -0.25) is 4.79 Å². The van der Waals surface area contributed by atoms with Gasteiger partial charge < -0.3 is 4.57 Å². The number of para-hydroxylation sites is 1. The fourth-order valence-corrected chi connectivity index (χ4v) is 2.67. The van der Waals surface area contributed by atoms with Gasteiger partial charge in [0.05, 0.1) is 0 Å². The van der Waals surface area contributed by atoms with Crippen LogP contribution in [0, 0.1) is 5.92 Å². The van der Waals surface area contributed by atoms with Gasteiger partial charge in [0.25, 0.3) is 0 Å². The molecule has 0 aliphatic carbocycles. The summed E-state index contributed by atoms with van der Waals surface area (Å²) in [7, 11) is 0. The Bertz CT molecular complexity index is 580. The minimum Gasteiger partial charge on any atom is -0.347 e. The highest BCUT2D eigenvalue weighted by atomic mass is 16.1. The molecule has 0 radical (unpaired) electrons. The number of aryl methyl sites for hydroxylation is 1. The first-order chi connectivity index (χ1) is 9.63. The number of ketones is 1. The van der Waals surface area contributed by atoms with E-state index in [4.69, 9.17) is 0 Å². The van der Waals surface area contributed by atoms with E-state index in [0.717, 1.165) is 17.5 Å². The molecule has 2 heteroatoms. The standard InChI is InChI=1S/C18H25NO/c1-4-5-8-11-19-13-16(18(20)12-14(2)3)15-9-6-7-10-17(15)19/h6-7,9-10,13-14H,4-5,8,11-12H2,1-3H3. The van der Waals surface area contributed by atoms with E-state index in [1.807, 2.05) is 6.07 Å². The molecule has 0 saturated carbocycles. The molecule has 20 heavy (non-hydrogen) atoms. The van der Waals surface area contributed by atoms with Crippen molar-refractivity contribution in [3.63, 3.8) is 0 Å². The molecule has 2 rings (SSSR count). The average molecular weight is 271 g/mol. The molecule has 1 heterocycles. The number of fused-ring (bicyclic) bond motifs is 1. The molecule has 1 aromatic carbocycles. The van der Waals surface area contributed by atoms with Gasteiger partial charge in [0.2, 0.25) is 0 Å². The van der Waals surface area contributed by atoms with Crippen LogP contribution >= 0.6 is 0 Å². The van der Waals surface area contributed by atoms with Crippen molar-refractivity contribution in [1.82, 2.24) is 4.57 Å². The molecule has 0 bridgehead atoms. The molecule has 0 N–H and O–H groups in total. The number of carbonyl (C=O) groups excluding carboxylic acids is 1. The normalized spacial score (nSPS) is 11.4. The molecule has 0 fully saturated rings. The summed E-state index contributed by atoms with van der Waals surface area (Å²) in [6.07, 6.45) is 6.32. The van der Waals surface area contributed by atoms with Crippen molar-refractivity contribution in [2.45, 2.75) is 53.0 Å². The number of benzene rings is 1. The molecule has 108 valence electrons. The Morgan fingerprint density at radius 3 is 2.65 bits per heavy atom. The second kappa shape index (κ2) is 6.74. The number of nitrogens with zero attached hydrogens (tertiary/aromatic N) is 1. The van der Waals surface area contributed by atoms with Gasteiger partial charge in [-0.2, -0.15) is 0 Å². The fraction of sp³-hybridized carbons (Fsp3) is 0.500. The molecular weight excluding hydrogens is 246 g/mol. The lowest BCUT2D eigenvalue weighted by Gasteiger charge is -2.03. The molecule has 1 aromatic heterocycles. The van der Waals surface area contributed by atoms with Crippen LogP contribution in [0.15, 0.2) is 30.5 Å². The van der Waals surface area contributed by atoms with Crippen molar-refractivity contribution in [3.8, 4) is 0 Å². The van der Waals surface area contributed by atoms with Gasteiger partial charge in [-0.25, -0.2) is 0 Å². The number of hydrogen-bond acceptors (Lipinski definition) is 1. The van der Waals surface area contributed by atoms with Crippen LogP contribution in [-0.4, -0.2) is 10.4 Å². The van der Waals surface area contributed by atoms with Gasteiger partial charge in [0.1, 0.15) is 0 Å². The smallest absolute Gasteiger partial charge is 0.165 e. The average Bonchev–Trinajstić information content (AvgIpc) is 2.78. The van der Waals surface area contributed by atoms with Crippen molar-refractivity contribution in [3.05, 3.63) is 36.0 Å². The van der Waals surface area contributed by atoms with E-state index in [2.05, 4.69) is 49.7 Å². The summed E-state index contributed by atoms with van der Waals surface area (Å²) < 4.78 is 2.25. The highest BCUT2D eigenvalue weighted by molar-refractivity contribution is 6.08. The zero-order chi connectivity index (χ0) is 14.5. The van der Waals surface area contributed by atoms with E-state index in [0.29, 0.717) is 12.3 Å². The molecule has 0 saturated heterocycles. The van der Waals surface area contributed by atoms with Crippen molar-refractivity contribution in [2.24, 2.45) is 5.92 Å². The van der Waals surface area contributed by atoms with Crippen LogP contribution in [0.5, 0.6) is 0 Å². The predicted octanol–water partition coefficient (Wildman–Crippen LogP) is 5.06. The minimum absolute atomic E-state index is 0.269. The van der Waals surface area contributed by atoms with Gasteiger partial charge in [0, 0.05) is 35.6 Å². The van der Waals surface area contributed by atoms with Crippen molar-refractivity contribution in [2.75, 3.05) is 0 Å². The summed E-state index contributed by atoms with van der Waals surface area (Å²) in [6, 6.07) is 8.26.